The second kappa shape index (κ2) is 6.95. The average molecular weight is 280 g/mol. The first kappa shape index (κ1) is 14.4. The van der Waals surface area contributed by atoms with E-state index in [0.717, 1.165) is 18.8 Å². The van der Waals surface area contributed by atoms with Crippen LogP contribution >= 0.6 is 11.6 Å². The molecule has 1 saturated carbocycles. The minimum atomic E-state index is 0.0237. The fraction of sp³-hybridized carbons (Fsp3) is 0.562. The Hall–Kier alpha value is -1.02. The largest absolute Gasteiger partial charge is 0.349 e. The molecule has 3 heteroatoms. The fourth-order valence-corrected chi connectivity index (χ4v) is 3.00. The summed E-state index contributed by atoms with van der Waals surface area (Å²) in [5.74, 6) is 0.893. The number of hydrogen-bond acceptors (Lipinski definition) is 1. The Labute approximate surface area is 120 Å². The topological polar surface area (TPSA) is 29.1 Å². The van der Waals surface area contributed by atoms with Gasteiger partial charge in [0.25, 0.3) is 5.91 Å². The van der Waals surface area contributed by atoms with E-state index in [1.807, 2.05) is 0 Å². The van der Waals surface area contributed by atoms with E-state index in [0.29, 0.717) is 16.6 Å². The summed E-state index contributed by atoms with van der Waals surface area (Å²) in [7, 11) is 0. The van der Waals surface area contributed by atoms with E-state index in [4.69, 9.17) is 11.6 Å². The van der Waals surface area contributed by atoms with Crippen molar-refractivity contribution in [2.24, 2.45) is 5.92 Å². The van der Waals surface area contributed by atoms with Gasteiger partial charge in [0.15, 0.2) is 0 Å². The molecule has 19 heavy (non-hydrogen) atoms. The molecule has 1 aromatic rings. The highest BCUT2D eigenvalue weighted by Crippen LogP contribution is 2.27. The summed E-state index contributed by atoms with van der Waals surface area (Å²) in [6.45, 7) is 2.24. The standard InChI is InChI=1S/C16H22ClNO/c1-2-3-12-4-10-15(11-5-12)18-16(19)13-6-8-14(17)9-7-13/h6-9,12,15H,2-5,10-11H2,1H3,(H,18,19). The monoisotopic (exact) mass is 279 g/mol. The first-order valence-electron chi connectivity index (χ1n) is 7.25. The zero-order valence-corrected chi connectivity index (χ0v) is 12.2. The maximum Gasteiger partial charge on any atom is 0.251 e. The summed E-state index contributed by atoms with van der Waals surface area (Å²) in [5.41, 5.74) is 0.695. The molecule has 1 aliphatic carbocycles. The van der Waals surface area contributed by atoms with E-state index < -0.39 is 0 Å². The van der Waals surface area contributed by atoms with Gasteiger partial charge in [-0.1, -0.05) is 31.4 Å². The van der Waals surface area contributed by atoms with Crippen LogP contribution in [0.1, 0.15) is 55.8 Å². The molecule has 0 saturated heterocycles. The van der Waals surface area contributed by atoms with Crippen LogP contribution in [0, 0.1) is 5.92 Å². The molecule has 1 aliphatic rings. The lowest BCUT2D eigenvalue weighted by molar-refractivity contribution is 0.0921. The predicted octanol–water partition coefficient (Wildman–Crippen LogP) is 4.43. The quantitative estimate of drug-likeness (QED) is 0.868. The van der Waals surface area contributed by atoms with Gasteiger partial charge in [0.2, 0.25) is 0 Å². The number of benzene rings is 1. The van der Waals surface area contributed by atoms with Crippen molar-refractivity contribution < 1.29 is 4.79 Å². The second-order valence-corrected chi connectivity index (χ2v) is 5.92. The van der Waals surface area contributed by atoms with E-state index in [-0.39, 0.29) is 5.91 Å². The molecule has 0 aliphatic heterocycles. The number of carbonyl (C=O) groups excluding carboxylic acids is 1. The van der Waals surface area contributed by atoms with E-state index in [9.17, 15) is 4.79 Å². The highest BCUT2D eigenvalue weighted by molar-refractivity contribution is 6.30. The highest BCUT2D eigenvalue weighted by atomic mass is 35.5. The molecule has 2 nitrogen and oxygen atoms in total. The average Bonchev–Trinajstić information content (AvgIpc) is 2.42. The number of nitrogens with one attached hydrogen (secondary N) is 1. The number of carbonyl (C=O) groups is 1. The molecule has 0 atom stereocenters. The van der Waals surface area contributed by atoms with Gasteiger partial charge >= 0.3 is 0 Å². The smallest absolute Gasteiger partial charge is 0.251 e. The molecule has 0 spiro atoms. The lowest BCUT2D eigenvalue weighted by Gasteiger charge is -2.29. The summed E-state index contributed by atoms with van der Waals surface area (Å²) >= 11 is 5.82. The lowest BCUT2D eigenvalue weighted by atomic mass is 9.83. The molecule has 1 fully saturated rings. The predicted molar refractivity (Wildman–Crippen MR) is 79.6 cm³/mol. The van der Waals surface area contributed by atoms with Crippen LogP contribution < -0.4 is 5.32 Å². The Bertz CT molecular complexity index is 407. The van der Waals surface area contributed by atoms with Crippen LogP contribution in [0.4, 0.5) is 0 Å². The molecule has 0 radical (unpaired) electrons. The van der Waals surface area contributed by atoms with Crippen molar-refractivity contribution >= 4 is 17.5 Å². The van der Waals surface area contributed by atoms with Gasteiger partial charge in [-0.25, -0.2) is 0 Å². The van der Waals surface area contributed by atoms with Gasteiger partial charge in [-0.15, -0.1) is 0 Å². The van der Waals surface area contributed by atoms with Crippen LogP contribution in [0.5, 0.6) is 0 Å². The van der Waals surface area contributed by atoms with Crippen LogP contribution in [-0.4, -0.2) is 11.9 Å². The third-order valence-electron chi connectivity index (χ3n) is 3.99. The minimum Gasteiger partial charge on any atom is -0.349 e. The summed E-state index contributed by atoms with van der Waals surface area (Å²) < 4.78 is 0. The molecule has 0 heterocycles. The van der Waals surface area contributed by atoms with E-state index >= 15 is 0 Å². The Morgan fingerprint density at radius 3 is 2.42 bits per heavy atom. The van der Waals surface area contributed by atoms with Crippen molar-refractivity contribution in [3.8, 4) is 0 Å². The maximum absolute atomic E-state index is 12.1. The van der Waals surface area contributed by atoms with Crippen LogP contribution in [0.2, 0.25) is 5.02 Å². The second-order valence-electron chi connectivity index (χ2n) is 5.49. The van der Waals surface area contributed by atoms with Gasteiger partial charge < -0.3 is 5.32 Å². The Kier molecular flexibility index (Phi) is 5.26. The molecule has 2 rings (SSSR count). The van der Waals surface area contributed by atoms with Gasteiger partial charge in [0.05, 0.1) is 0 Å². The summed E-state index contributed by atoms with van der Waals surface area (Å²) in [6.07, 6.45) is 7.33. The summed E-state index contributed by atoms with van der Waals surface area (Å²) in [6, 6.07) is 7.42. The molecular weight excluding hydrogens is 258 g/mol. The van der Waals surface area contributed by atoms with Gasteiger partial charge in [-0.3, -0.25) is 4.79 Å². The highest BCUT2D eigenvalue weighted by Gasteiger charge is 2.22. The van der Waals surface area contributed by atoms with E-state index in [1.54, 1.807) is 24.3 Å². The third-order valence-corrected chi connectivity index (χ3v) is 4.24. The van der Waals surface area contributed by atoms with Crippen molar-refractivity contribution in [1.82, 2.24) is 5.32 Å². The van der Waals surface area contributed by atoms with Crippen molar-refractivity contribution in [1.29, 1.82) is 0 Å². The van der Waals surface area contributed by atoms with Crippen molar-refractivity contribution in [2.45, 2.75) is 51.5 Å². The number of rotatable bonds is 4. The Balaban J connectivity index is 1.82. The molecule has 0 aromatic heterocycles. The van der Waals surface area contributed by atoms with Crippen molar-refractivity contribution in [3.63, 3.8) is 0 Å². The van der Waals surface area contributed by atoms with E-state index in [1.165, 1.54) is 25.7 Å². The van der Waals surface area contributed by atoms with Crippen LogP contribution in [0.3, 0.4) is 0 Å². The SMILES string of the molecule is CCCC1CCC(NC(=O)c2ccc(Cl)cc2)CC1. The van der Waals surface area contributed by atoms with Crippen LogP contribution in [-0.2, 0) is 0 Å². The molecule has 0 unspecified atom stereocenters. The molecule has 0 bridgehead atoms. The minimum absolute atomic E-state index is 0.0237. The van der Waals surface area contributed by atoms with Crippen molar-refractivity contribution in [3.05, 3.63) is 34.9 Å². The normalized spacial score (nSPS) is 23.1. The number of hydrogen-bond donors (Lipinski definition) is 1. The first-order chi connectivity index (χ1) is 9.19. The fourth-order valence-electron chi connectivity index (χ4n) is 2.87. The number of amides is 1. The Morgan fingerprint density at radius 2 is 1.84 bits per heavy atom. The molecular formula is C16H22ClNO. The third kappa shape index (κ3) is 4.24. The van der Waals surface area contributed by atoms with Gasteiger partial charge in [-0.2, -0.15) is 0 Å². The first-order valence-corrected chi connectivity index (χ1v) is 7.63. The van der Waals surface area contributed by atoms with Crippen molar-refractivity contribution in [2.75, 3.05) is 0 Å². The van der Waals surface area contributed by atoms with Gasteiger partial charge in [-0.05, 0) is 55.9 Å². The van der Waals surface area contributed by atoms with Gasteiger partial charge in [0.1, 0.15) is 0 Å². The molecule has 1 N–H and O–H groups in total. The maximum atomic E-state index is 12.1. The summed E-state index contributed by atoms with van der Waals surface area (Å²) in [4.78, 5) is 12.1. The summed E-state index contributed by atoms with van der Waals surface area (Å²) in [5, 5.41) is 3.80. The Morgan fingerprint density at radius 1 is 1.21 bits per heavy atom. The molecule has 104 valence electrons. The van der Waals surface area contributed by atoms with Gasteiger partial charge in [0, 0.05) is 16.6 Å². The van der Waals surface area contributed by atoms with Crippen LogP contribution in [0.25, 0.3) is 0 Å². The zero-order chi connectivity index (χ0) is 13.7. The van der Waals surface area contributed by atoms with E-state index in [2.05, 4.69) is 12.2 Å². The zero-order valence-electron chi connectivity index (χ0n) is 11.5. The molecule has 1 aromatic carbocycles. The van der Waals surface area contributed by atoms with Crippen LogP contribution in [0.15, 0.2) is 24.3 Å². The number of halogens is 1. The molecule has 1 amide bonds. The lowest BCUT2D eigenvalue weighted by Crippen LogP contribution is -2.37.